The Bertz CT molecular complexity index is 1100. The van der Waals surface area contributed by atoms with E-state index >= 15 is 0 Å². The van der Waals surface area contributed by atoms with Crippen LogP contribution in [0.1, 0.15) is 20.3 Å². The molecule has 0 bridgehead atoms. The molecule has 1 atom stereocenters. The summed E-state index contributed by atoms with van der Waals surface area (Å²) in [7, 11) is -3.63. The molecule has 0 aliphatic carbocycles. The number of hydrogen-bond acceptors (Lipinski definition) is 7. The Morgan fingerprint density at radius 1 is 1.25 bits per heavy atom. The number of thioether (sulfide) groups is 1. The summed E-state index contributed by atoms with van der Waals surface area (Å²) >= 11 is 1.33. The largest absolute Gasteiger partial charge is 0.461 e. The highest BCUT2D eigenvalue weighted by atomic mass is 32.2. The van der Waals surface area contributed by atoms with Crippen molar-refractivity contribution in [1.82, 2.24) is 0 Å². The standard InChI is InChI=1S/C23H26FNO5S2/c1-4-16-13-25(17-9-7-6-8-10-17)19-11-21(31-3)20(12-22(19)32(27,28)15-16)30-14-18(24)23(26)29-5-2/h6-12,14,16H,4-5,13,15H2,1-3H3/b18-14-. The topological polar surface area (TPSA) is 72.9 Å². The van der Waals surface area contributed by atoms with Crippen molar-refractivity contribution in [1.29, 1.82) is 0 Å². The zero-order valence-electron chi connectivity index (χ0n) is 18.2. The number of esters is 1. The molecule has 1 aliphatic heterocycles. The van der Waals surface area contributed by atoms with E-state index in [4.69, 9.17) is 4.74 Å². The number of anilines is 2. The number of carbonyl (C=O) groups is 1. The van der Waals surface area contributed by atoms with E-state index in [2.05, 4.69) is 4.74 Å². The van der Waals surface area contributed by atoms with Crippen LogP contribution in [0.2, 0.25) is 0 Å². The van der Waals surface area contributed by atoms with E-state index < -0.39 is 21.6 Å². The summed E-state index contributed by atoms with van der Waals surface area (Å²) in [5.41, 5.74) is 1.44. The molecule has 1 unspecified atom stereocenters. The van der Waals surface area contributed by atoms with Gasteiger partial charge in [-0.25, -0.2) is 13.2 Å². The first-order valence-electron chi connectivity index (χ1n) is 10.3. The Hall–Kier alpha value is -2.52. The van der Waals surface area contributed by atoms with Crippen molar-refractivity contribution in [2.24, 2.45) is 5.92 Å². The van der Waals surface area contributed by atoms with Gasteiger partial charge in [0.1, 0.15) is 12.0 Å². The van der Waals surface area contributed by atoms with Crippen LogP contribution in [0.4, 0.5) is 15.8 Å². The summed E-state index contributed by atoms with van der Waals surface area (Å²) in [5, 5.41) is 0. The van der Waals surface area contributed by atoms with Gasteiger partial charge >= 0.3 is 5.97 Å². The van der Waals surface area contributed by atoms with Crippen LogP contribution in [0.5, 0.6) is 5.75 Å². The molecule has 0 radical (unpaired) electrons. The van der Waals surface area contributed by atoms with Crippen LogP contribution in [-0.4, -0.2) is 39.5 Å². The highest BCUT2D eigenvalue weighted by Gasteiger charge is 2.33. The molecule has 0 spiro atoms. The Labute approximate surface area is 192 Å². The predicted molar refractivity (Wildman–Crippen MR) is 124 cm³/mol. The molecule has 1 aliphatic rings. The predicted octanol–water partition coefficient (Wildman–Crippen LogP) is 5.11. The van der Waals surface area contributed by atoms with Gasteiger partial charge in [-0.2, -0.15) is 4.39 Å². The Morgan fingerprint density at radius 2 is 1.97 bits per heavy atom. The van der Waals surface area contributed by atoms with Gasteiger partial charge in [-0.15, -0.1) is 11.8 Å². The number of ether oxygens (including phenoxy) is 2. The molecule has 0 fully saturated rings. The summed E-state index contributed by atoms with van der Waals surface area (Å²) < 4.78 is 50.5. The van der Waals surface area contributed by atoms with Crippen LogP contribution in [0.15, 0.2) is 64.3 Å². The summed E-state index contributed by atoms with van der Waals surface area (Å²) in [6, 6.07) is 12.8. The van der Waals surface area contributed by atoms with E-state index in [1.165, 1.54) is 17.8 Å². The van der Waals surface area contributed by atoms with Crippen molar-refractivity contribution in [2.45, 2.75) is 30.1 Å². The van der Waals surface area contributed by atoms with Crippen molar-refractivity contribution >= 4 is 38.9 Å². The number of halogens is 1. The van der Waals surface area contributed by atoms with Gasteiger partial charge in [-0.1, -0.05) is 31.5 Å². The number of sulfone groups is 1. The third-order valence-corrected chi connectivity index (χ3v) is 7.84. The zero-order valence-corrected chi connectivity index (χ0v) is 19.8. The van der Waals surface area contributed by atoms with Crippen molar-refractivity contribution in [3.63, 3.8) is 0 Å². The number of para-hydroxylation sites is 1. The number of hydrogen-bond donors (Lipinski definition) is 0. The normalized spacial score (nSPS) is 17.9. The van der Waals surface area contributed by atoms with Gasteiger partial charge in [0, 0.05) is 18.3 Å². The fraction of sp³-hybridized carbons (Fsp3) is 0.348. The SMILES string of the molecule is CCOC(=O)/C(F)=C/Oc1cc2c(cc1SC)N(c1ccccc1)CC(CC)CS2(=O)=O. The lowest BCUT2D eigenvalue weighted by Crippen LogP contribution is -2.25. The summed E-state index contributed by atoms with van der Waals surface area (Å²) in [6.07, 6.45) is 3.17. The molecule has 0 saturated carbocycles. The molecule has 2 aromatic carbocycles. The summed E-state index contributed by atoms with van der Waals surface area (Å²) in [5.74, 6) is -2.24. The Morgan fingerprint density at radius 3 is 2.59 bits per heavy atom. The smallest absolute Gasteiger partial charge is 0.370 e. The van der Waals surface area contributed by atoms with Crippen molar-refractivity contribution in [3.8, 4) is 5.75 Å². The van der Waals surface area contributed by atoms with Crippen molar-refractivity contribution in [3.05, 3.63) is 54.6 Å². The van der Waals surface area contributed by atoms with Crippen molar-refractivity contribution < 1.29 is 27.1 Å². The second kappa shape index (κ2) is 10.4. The van der Waals surface area contributed by atoms with E-state index in [-0.39, 0.29) is 28.9 Å². The molecule has 9 heteroatoms. The molecule has 1 heterocycles. The van der Waals surface area contributed by atoms with Gasteiger partial charge in [0.05, 0.1) is 27.8 Å². The van der Waals surface area contributed by atoms with Gasteiger partial charge in [-0.05, 0) is 37.3 Å². The average molecular weight is 480 g/mol. The first kappa shape index (κ1) is 24.1. The van der Waals surface area contributed by atoms with Crippen LogP contribution in [0.25, 0.3) is 0 Å². The van der Waals surface area contributed by atoms with Crippen LogP contribution in [-0.2, 0) is 19.4 Å². The molecule has 0 aromatic heterocycles. The number of carbonyl (C=O) groups excluding carboxylic acids is 1. The van der Waals surface area contributed by atoms with Crippen LogP contribution >= 0.6 is 11.8 Å². The molecule has 172 valence electrons. The van der Waals surface area contributed by atoms with E-state index in [1.54, 1.807) is 13.0 Å². The first-order chi connectivity index (χ1) is 15.3. The molecule has 0 N–H and O–H groups in total. The molecule has 2 aromatic rings. The fourth-order valence-electron chi connectivity index (χ4n) is 3.51. The van der Waals surface area contributed by atoms with Gasteiger partial charge in [0.2, 0.25) is 5.83 Å². The van der Waals surface area contributed by atoms with Gasteiger partial charge < -0.3 is 14.4 Å². The minimum atomic E-state index is -3.63. The van der Waals surface area contributed by atoms with E-state index in [1.807, 2.05) is 48.4 Å². The summed E-state index contributed by atoms with van der Waals surface area (Å²) in [6.45, 7) is 4.13. The van der Waals surface area contributed by atoms with Crippen LogP contribution in [0, 0.1) is 5.92 Å². The Balaban J connectivity index is 2.12. The lowest BCUT2D eigenvalue weighted by atomic mass is 10.1. The molecule has 6 nitrogen and oxygen atoms in total. The average Bonchev–Trinajstić information content (AvgIpc) is 2.90. The van der Waals surface area contributed by atoms with Crippen LogP contribution < -0.4 is 9.64 Å². The lowest BCUT2D eigenvalue weighted by Gasteiger charge is -2.27. The molecule has 3 rings (SSSR count). The number of fused-ring (bicyclic) bond motifs is 1. The zero-order chi connectivity index (χ0) is 23.3. The van der Waals surface area contributed by atoms with E-state index in [0.29, 0.717) is 29.8 Å². The molecule has 0 saturated heterocycles. The number of benzene rings is 2. The highest BCUT2D eigenvalue weighted by molar-refractivity contribution is 7.98. The second-order valence-electron chi connectivity index (χ2n) is 7.28. The van der Waals surface area contributed by atoms with E-state index in [9.17, 15) is 17.6 Å². The quantitative estimate of drug-likeness (QED) is 0.236. The maximum atomic E-state index is 14.0. The van der Waals surface area contributed by atoms with Crippen molar-refractivity contribution in [2.75, 3.05) is 30.1 Å². The minimum Gasteiger partial charge on any atom is -0.461 e. The molecule has 32 heavy (non-hydrogen) atoms. The Kier molecular flexibility index (Phi) is 7.84. The number of rotatable bonds is 7. The lowest BCUT2D eigenvalue weighted by molar-refractivity contribution is -0.140. The fourth-order valence-corrected chi connectivity index (χ4v) is 5.97. The first-order valence-corrected chi connectivity index (χ1v) is 13.1. The highest BCUT2D eigenvalue weighted by Crippen LogP contribution is 2.43. The van der Waals surface area contributed by atoms with Gasteiger partial charge in [-0.3, -0.25) is 0 Å². The third kappa shape index (κ3) is 5.27. The third-order valence-electron chi connectivity index (χ3n) is 5.17. The maximum absolute atomic E-state index is 14.0. The van der Waals surface area contributed by atoms with Gasteiger partial charge in [0.25, 0.3) is 0 Å². The van der Waals surface area contributed by atoms with Gasteiger partial charge in [0.15, 0.2) is 9.84 Å². The summed E-state index contributed by atoms with van der Waals surface area (Å²) in [4.78, 5) is 14.3. The molecular weight excluding hydrogens is 453 g/mol. The monoisotopic (exact) mass is 479 g/mol. The number of nitrogens with zero attached hydrogens (tertiary/aromatic N) is 1. The van der Waals surface area contributed by atoms with Crippen LogP contribution in [0.3, 0.4) is 0 Å². The minimum absolute atomic E-state index is 0.00488. The van der Waals surface area contributed by atoms with E-state index in [0.717, 1.165) is 5.69 Å². The molecule has 0 amide bonds. The maximum Gasteiger partial charge on any atom is 0.370 e. The molecular formula is C23H26FNO5S2. The second-order valence-corrected chi connectivity index (χ2v) is 10.1.